The van der Waals surface area contributed by atoms with E-state index in [1.807, 2.05) is 0 Å². The Hall–Kier alpha value is -0.410. The van der Waals surface area contributed by atoms with Crippen molar-refractivity contribution in [2.75, 3.05) is 7.11 Å². The van der Waals surface area contributed by atoms with Crippen molar-refractivity contribution in [3.63, 3.8) is 0 Å². The van der Waals surface area contributed by atoms with Gasteiger partial charge in [0.2, 0.25) is 0 Å². The van der Waals surface area contributed by atoms with E-state index in [0.29, 0.717) is 6.04 Å². The van der Waals surface area contributed by atoms with Gasteiger partial charge >= 0.3 is 0 Å². The number of rotatable bonds is 1. The van der Waals surface area contributed by atoms with Crippen LogP contribution in [0.1, 0.15) is 25.7 Å². The van der Waals surface area contributed by atoms with Gasteiger partial charge in [-0.3, -0.25) is 0 Å². The fourth-order valence-electron chi connectivity index (χ4n) is 2.30. The third-order valence-corrected chi connectivity index (χ3v) is 2.81. The second kappa shape index (κ2) is 4.58. The summed E-state index contributed by atoms with van der Waals surface area (Å²) in [5.41, 5.74) is 0. The molecule has 0 amide bonds. The Labute approximate surface area is 73.2 Å². The maximum atomic E-state index is 10.4. The van der Waals surface area contributed by atoms with E-state index in [4.69, 9.17) is 5.11 Å². The molecule has 12 heavy (non-hydrogen) atoms. The minimum Gasteiger partial charge on any atom is -0.400 e. The molecule has 3 unspecified atom stereocenters. The maximum Gasteiger partial charge on any atom is 0.136 e. The molecule has 1 saturated heterocycles. The number of hydrogen-bond donors (Lipinski definition) is 2. The molecule has 0 aromatic rings. The van der Waals surface area contributed by atoms with Crippen LogP contribution in [0.3, 0.4) is 0 Å². The van der Waals surface area contributed by atoms with Crippen LogP contribution in [0.4, 0.5) is 0 Å². The third-order valence-electron chi connectivity index (χ3n) is 2.81. The predicted molar refractivity (Wildman–Crippen MR) is 46.9 cm³/mol. The molecule has 0 radical (unpaired) electrons. The highest BCUT2D eigenvalue weighted by atomic mass is 16.2. The quantitative estimate of drug-likeness (QED) is 0.559. The van der Waals surface area contributed by atoms with Crippen LogP contribution in [0.15, 0.2) is 0 Å². The van der Waals surface area contributed by atoms with Gasteiger partial charge in [-0.05, 0) is 25.2 Å². The number of carbonyl (C=O) groups is 1. The van der Waals surface area contributed by atoms with Gasteiger partial charge in [-0.25, -0.2) is 0 Å². The zero-order chi connectivity index (χ0) is 8.97. The van der Waals surface area contributed by atoms with Crippen molar-refractivity contribution in [2.45, 2.75) is 37.8 Å². The van der Waals surface area contributed by atoms with Crippen LogP contribution >= 0.6 is 0 Å². The molecule has 2 rings (SSSR count). The summed E-state index contributed by atoms with van der Waals surface area (Å²) in [7, 11) is 1.00. The number of aliphatic hydroxyl groups excluding tert-OH is 1. The molecule has 3 heteroatoms. The van der Waals surface area contributed by atoms with E-state index in [1.165, 1.54) is 19.3 Å². The molecule has 70 valence electrons. The fourth-order valence-corrected chi connectivity index (χ4v) is 2.30. The van der Waals surface area contributed by atoms with Gasteiger partial charge in [0, 0.05) is 13.2 Å². The van der Waals surface area contributed by atoms with E-state index in [2.05, 4.69) is 5.32 Å². The molecule has 1 heterocycles. The normalized spacial score (nSPS) is 38.3. The van der Waals surface area contributed by atoms with E-state index in [1.54, 1.807) is 0 Å². The van der Waals surface area contributed by atoms with Gasteiger partial charge in [0.15, 0.2) is 0 Å². The average Bonchev–Trinajstić information content (AvgIpc) is 2.65. The molecule has 3 nitrogen and oxygen atoms in total. The standard InChI is InChI=1S/C8H13NO.CH4O/c10-5-7-4-6-2-1-3-8(6)9-7;1-2/h5-9H,1-4H2;2H,1H3. The number of aliphatic hydroxyl groups is 1. The van der Waals surface area contributed by atoms with Crippen LogP contribution in [-0.2, 0) is 4.79 Å². The lowest BCUT2D eigenvalue weighted by Gasteiger charge is -2.06. The second-order valence-corrected chi connectivity index (χ2v) is 3.44. The molecule has 2 aliphatic rings. The van der Waals surface area contributed by atoms with Gasteiger partial charge in [-0.1, -0.05) is 6.42 Å². The van der Waals surface area contributed by atoms with Gasteiger partial charge in [0.05, 0.1) is 6.04 Å². The van der Waals surface area contributed by atoms with Crippen LogP contribution in [-0.4, -0.2) is 30.6 Å². The molecule has 0 aromatic heterocycles. The molecule has 0 spiro atoms. The minimum atomic E-state index is 0.176. The highest BCUT2D eigenvalue weighted by molar-refractivity contribution is 5.58. The van der Waals surface area contributed by atoms with E-state index in [9.17, 15) is 4.79 Å². The van der Waals surface area contributed by atoms with Crippen molar-refractivity contribution in [3.8, 4) is 0 Å². The Morgan fingerprint density at radius 2 is 2.17 bits per heavy atom. The number of fused-ring (bicyclic) bond motifs is 1. The van der Waals surface area contributed by atoms with Crippen molar-refractivity contribution >= 4 is 6.29 Å². The Morgan fingerprint density at radius 3 is 2.75 bits per heavy atom. The monoisotopic (exact) mass is 171 g/mol. The summed E-state index contributed by atoms with van der Waals surface area (Å²) in [6, 6.07) is 0.852. The van der Waals surface area contributed by atoms with Gasteiger partial charge < -0.3 is 15.2 Å². The first-order valence-corrected chi connectivity index (χ1v) is 4.56. The summed E-state index contributed by atoms with van der Waals surface area (Å²) < 4.78 is 0. The summed E-state index contributed by atoms with van der Waals surface area (Å²) >= 11 is 0. The molecule has 2 fully saturated rings. The molecule has 2 N–H and O–H groups in total. The van der Waals surface area contributed by atoms with Crippen LogP contribution in [0, 0.1) is 5.92 Å². The van der Waals surface area contributed by atoms with Crippen LogP contribution < -0.4 is 5.32 Å². The molecule has 0 bridgehead atoms. The first-order valence-electron chi connectivity index (χ1n) is 4.56. The number of nitrogens with one attached hydrogen (secondary N) is 1. The van der Waals surface area contributed by atoms with Gasteiger partial charge in [0.1, 0.15) is 6.29 Å². The smallest absolute Gasteiger partial charge is 0.136 e. The predicted octanol–water partition coefficient (Wildman–Crippen LogP) is 0.324. The summed E-state index contributed by atoms with van der Waals surface area (Å²) in [6.45, 7) is 0. The highest BCUT2D eigenvalue weighted by Gasteiger charge is 2.36. The van der Waals surface area contributed by atoms with Crippen LogP contribution in [0.25, 0.3) is 0 Å². The summed E-state index contributed by atoms with van der Waals surface area (Å²) in [4.78, 5) is 10.4. The van der Waals surface area contributed by atoms with E-state index in [-0.39, 0.29) is 6.04 Å². The fraction of sp³-hybridized carbons (Fsp3) is 0.889. The minimum absolute atomic E-state index is 0.176. The first kappa shape index (κ1) is 9.68. The molecule has 1 aliphatic carbocycles. The van der Waals surface area contributed by atoms with Crippen molar-refractivity contribution in [3.05, 3.63) is 0 Å². The maximum absolute atomic E-state index is 10.4. The molecular formula is C9H17NO2. The average molecular weight is 171 g/mol. The van der Waals surface area contributed by atoms with E-state index < -0.39 is 0 Å². The Morgan fingerprint density at radius 1 is 1.42 bits per heavy atom. The van der Waals surface area contributed by atoms with Crippen molar-refractivity contribution in [1.29, 1.82) is 0 Å². The molecular weight excluding hydrogens is 154 g/mol. The van der Waals surface area contributed by atoms with E-state index in [0.717, 1.165) is 25.7 Å². The zero-order valence-corrected chi connectivity index (χ0v) is 7.49. The third kappa shape index (κ3) is 1.84. The summed E-state index contributed by atoms with van der Waals surface area (Å²) in [5.74, 6) is 0.815. The largest absolute Gasteiger partial charge is 0.400 e. The molecule has 1 aliphatic heterocycles. The van der Waals surface area contributed by atoms with Crippen molar-refractivity contribution < 1.29 is 9.90 Å². The second-order valence-electron chi connectivity index (χ2n) is 3.44. The van der Waals surface area contributed by atoms with E-state index >= 15 is 0 Å². The lowest BCUT2D eigenvalue weighted by Crippen LogP contribution is -2.29. The van der Waals surface area contributed by atoms with Crippen molar-refractivity contribution in [1.82, 2.24) is 5.32 Å². The van der Waals surface area contributed by atoms with Crippen molar-refractivity contribution in [2.24, 2.45) is 5.92 Å². The van der Waals surface area contributed by atoms with Crippen LogP contribution in [0.5, 0.6) is 0 Å². The topological polar surface area (TPSA) is 49.3 Å². The molecule has 1 saturated carbocycles. The molecule has 0 aromatic carbocycles. The first-order chi connectivity index (χ1) is 5.90. The zero-order valence-electron chi connectivity index (χ0n) is 7.49. The van der Waals surface area contributed by atoms with Gasteiger partial charge in [-0.2, -0.15) is 0 Å². The Bertz CT molecular complexity index is 137. The SMILES string of the molecule is CO.O=CC1CC2CCCC2N1. The van der Waals surface area contributed by atoms with Gasteiger partial charge in [0.25, 0.3) is 0 Å². The Kier molecular flexibility index (Phi) is 3.69. The molecule has 3 atom stereocenters. The summed E-state index contributed by atoms with van der Waals surface area (Å²) in [5, 5.41) is 10.3. The number of aldehydes is 1. The summed E-state index contributed by atoms with van der Waals surface area (Å²) in [6.07, 6.45) is 6.12. The Balaban J connectivity index is 0.000000336. The lowest BCUT2D eigenvalue weighted by molar-refractivity contribution is -0.109. The number of carbonyl (C=O) groups excluding carboxylic acids is 1. The number of hydrogen-bond acceptors (Lipinski definition) is 3. The van der Waals surface area contributed by atoms with Gasteiger partial charge in [-0.15, -0.1) is 0 Å². The lowest BCUT2D eigenvalue weighted by atomic mass is 10.0. The van der Waals surface area contributed by atoms with Crippen LogP contribution in [0.2, 0.25) is 0 Å². The highest BCUT2D eigenvalue weighted by Crippen LogP contribution is 2.33.